The van der Waals surface area contributed by atoms with Crippen LogP contribution in [0.2, 0.25) is 0 Å². The molecule has 0 unspecified atom stereocenters. The Morgan fingerprint density at radius 1 is 0.821 bits per heavy atom. The Balaban J connectivity index is 1.23. The van der Waals surface area contributed by atoms with Gasteiger partial charge in [0, 0.05) is 47.8 Å². The fraction of sp³-hybridized carbons (Fsp3) is 0.238. The van der Waals surface area contributed by atoms with Gasteiger partial charge in [-0.25, -0.2) is 9.59 Å². The number of alkyl halides is 3. The molecule has 1 aliphatic carbocycles. The number of rotatable bonds is 13. The number of hydrogen-bond donors (Lipinski definition) is 3. The summed E-state index contributed by atoms with van der Waals surface area (Å²) < 4.78 is 60.8. The third kappa shape index (κ3) is 9.76. The van der Waals surface area contributed by atoms with E-state index in [1.807, 2.05) is 60.7 Å². The van der Waals surface area contributed by atoms with Crippen molar-refractivity contribution < 1.29 is 56.4 Å². The third-order valence-electron chi connectivity index (χ3n) is 8.91. The van der Waals surface area contributed by atoms with Gasteiger partial charge in [-0.05, 0) is 47.5 Å². The van der Waals surface area contributed by atoms with E-state index in [1.165, 1.54) is 30.3 Å². The molecule has 0 bridgehead atoms. The highest BCUT2D eigenvalue weighted by Gasteiger charge is 2.55. The molecule has 3 N–H and O–H groups in total. The SMILES string of the molecule is O=C(C=Cc1ccc(C(=O)O[C@@H]2CC(C(=O)NCc3cccc(C(=O)NCCO)c3)=C[C@H]3OC(c4ccccc4)(c4ccccc4)O[C@H]32)cc1)OCC(F)(F)F. The summed E-state index contributed by atoms with van der Waals surface area (Å²) in [5.74, 6) is -4.16. The smallest absolute Gasteiger partial charge is 0.422 e. The number of benzene rings is 4. The van der Waals surface area contributed by atoms with Crippen LogP contribution in [0, 0.1) is 0 Å². The normalized spacial score (nSPS) is 18.7. The van der Waals surface area contributed by atoms with Gasteiger partial charge in [0.05, 0.1) is 12.2 Å². The van der Waals surface area contributed by atoms with Crippen LogP contribution in [0.3, 0.4) is 0 Å². The van der Waals surface area contributed by atoms with Gasteiger partial charge in [0.2, 0.25) is 11.7 Å². The van der Waals surface area contributed by atoms with E-state index in [-0.39, 0.29) is 43.2 Å². The summed E-state index contributed by atoms with van der Waals surface area (Å²) in [7, 11) is 0. The molecular weight excluding hydrogens is 733 g/mol. The molecule has 0 saturated carbocycles. The predicted molar refractivity (Wildman–Crippen MR) is 196 cm³/mol. The van der Waals surface area contributed by atoms with Crippen LogP contribution in [0.5, 0.6) is 0 Å². The second-order valence-electron chi connectivity index (χ2n) is 12.9. The maximum Gasteiger partial charge on any atom is 0.422 e. The van der Waals surface area contributed by atoms with E-state index in [0.29, 0.717) is 27.8 Å². The van der Waals surface area contributed by atoms with Gasteiger partial charge in [-0.1, -0.05) is 84.9 Å². The molecule has 56 heavy (non-hydrogen) atoms. The van der Waals surface area contributed by atoms with Crippen LogP contribution in [0.1, 0.15) is 49.4 Å². The Morgan fingerprint density at radius 2 is 1.50 bits per heavy atom. The topological polar surface area (TPSA) is 149 Å². The van der Waals surface area contributed by atoms with E-state index in [2.05, 4.69) is 15.4 Å². The molecule has 4 aromatic rings. The number of carbonyl (C=O) groups excluding carboxylic acids is 4. The lowest BCUT2D eigenvalue weighted by molar-refractivity contribution is -0.182. The molecule has 1 aliphatic heterocycles. The van der Waals surface area contributed by atoms with Crippen molar-refractivity contribution in [2.45, 2.75) is 43.2 Å². The number of halogens is 3. The first-order chi connectivity index (χ1) is 26.9. The minimum atomic E-state index is -4.65. The number of amides is 2. The monoisotopic (exact) mass is 770 g/mol. The summed E-state index contributed by atoms with van der Waals surface area (Å²) in [4.78, 5) is 51.4. The first-order valence-corrected chi connectivity index (χ1v) is 17.6. The summed E-state index contributed by atoms with van der Waals surface area (Å²) in [6.45, 7) is -1.74. The minimum absolute atomic E-state index is 0.0355. The van der Waals surface area contributed by atoms with Gasteiger partial charge in [0.1, 0.15) is 18.3 Å². The molecule has 14 heteroatoms. The van der Waals surface area contributed by atoms with E-state index in [0.717, 1.165) is 6.08 Å². The standard InChI is InChI=1S/C42H37F3N2O9/c43-41(44,45)26-53-36(49)19-16-27-14-17-29(18-15-27)40(52)54-34-23-31(39(51)47-25-28-8-7-9-30(22-28)38(50)46-20-21-48)24-35-37(34)56-42(55-35,32-10-3-1-4-11-32)33-12-5-2-6-13-33/h1-19,22,24,34-35,37,48H,20-21,23,25-26H2,(H,46,50)(H,47,51)/t34-,35-,37+/m1/s1. The summed E-state index contributed by atoms with van der Waals surface area (Å²) >= 11 is 0. The minimum Gasteiger partial charge on any atom is -0.456 e. The number of hydrogen-bond acceptors (Lipinski definition) is 9. The summed E-state index contributed by atoms with van der Waals surface area (Å²) in [5.41, 5.74) is 3.18. The van der Waals surface area contributed by atoms with Crippen molar-refractivity contribution in [1.82, 2.24) is 10.6 Å². The molecule has 0 aromatic heterocycles. The van der Waals surface area contributed by atoms with Gasteiger partial charge < -0.3 is 34.7 Å². The van der Waals surface area contributed by atoms with Crippen molar-refractivity contribution >= 4 is 29.8 Å². The predicted octanol–water partition coefficient (Wildman–Crippen LogP) is 5.38. The Kier molecular flexibility index (Phi) is 12.4. The maximum atomic E-state index is 13.7. The van der Waals surface area contributed by atoms with Crippen molar-refractivity contribution in [1.29, 1.82) is 0 Å². The zero-order chi connectivity index (χ0) is 39.7. The number of fused-ring (bicyclic) bond motifs is 1. The Labute approximate surface area is 319 Å². The molecule has 1 fully saturated rings. The van der Waals surface area contributed by atoms with Gasteiger partial charge >= 0.3 is 18.1 Å². The number of aliphatic hydroxyl groups excluding tert-OH is 1. The van der Waals surface area contributed by atoms with Crippen LogP contribution in [0.4, 0.5) is 13.2 Å². The Hall–Kier alpha value is -6.09. The molecule has 3 atom stereocenters. The second-order valence-corrected chi connectivity index (χ2v) is 12.9. The molecular formula is C42H37F3N2O9. The van der Waals surface area contributed by atoms with Gasteiger partial charge in [-0.15, -0.1) is 0 Å². The summed E-state index contributed by atoms with van der Waals surface area (Å²) in [6.07, 6.45) is -3.64. The van der Waals surface area contributed by atoms with Crippen molar-refractivity contribution in [3.63, 3.8) is 0 Å². The maximum absolute atomic E-state index is 13.7. The quantitative estimate of drug-likeness (QED) is 0.120. The fourth-order valence-electron chi connectivity index (χ4n) is 6.28. The lowest BCUT2D eigenvalue weighted by Crippen LogP contribution is -2.43. The van der Waals surface area contributed by atoms with Crippen LogP contribution in [-0.4, -0.2) is 73.1 Å². The number of aliphatic hydroxyl groups is 1. The number of carbonyl (C=O) groups is 4. The average molecular weight is 771 g/mol. The van der Waals surface area contributed by atoms with E-state index >= 15 is 0 Å². The van der Waals surface area contributed by atoms with E-state index in [4.69, 9.17) is 19.3 Å². The molecule has 11 nitrogen and oxygen atoms in total. The van der Waals surface area contributed by atoms with Gasteiger partial charge in [0.15, 0.2) is 6.61 Å². The van der Waals surface area contributed by atoms with E-state index < -0.39 is 54.7 Å². The number of esters is 2. The largest absolute Gasteiger partial charge is 0.456 e. The van der Waals surface area contributed by atoms with Gasteiger partial charge in [-0.3, -0.25) is 9.59 Å². The lowest BCUT2D eigenvalue weighted by atomic mass is 9.91. The molecule has 0 spiro atoms. The Morgan fingerprint density at radius 3 is 2.14 bits per heavy atom. The zero-order valence-corrected chi connectivity index (χ0v) is 29.7. The highest BCUT2D eigenvalue weighted by molar-refractivity contribution is 5.95. The number of nitrogens with one attached hydrogen (secondary N) is 2. The van der Waals surface area contributed by atoms with Crippen LogP contribution in [-0.2, 0) is 40.9 Å². The number of ether oxygens (including phenoxy) is 4. The van der Waals surface area contributed by atoms with Crippen LogP contribution < -0.4 is 10.6 Å². The van der Waals surface area contributed by atoms with E-state index in [9.17, 15) is 32.3 Å². The van der Waals surface area contributed by atoms with Crippen molar-refractivity contribution in [3.05, 3.63) is 160 Å². The molecule has 1 saturated heterocycles. The third-order valence-corrected chi connectivity index (χ3v) is 8.91. The molecule has 2 aliphatic rings. The average Bonchev–Trinajstić information content (AvgIpc) is 3.62. The van der Waals surface area contributed by atoms with Gasteiger partial charge in [0.25, 0.3) is 5.91 Å². The van der Waals surface area contributed by atoms with Crippen molar-refractivity contribution in [2.75, 3.05) is 19.8 Å². The van der Waals surface area contributed by atoms with Crippen LogP contribution in [0.25, 0.3) is 6.08 Å². The molecule has 2 amide bonds. The highest BCUT2D eigenvalue weighted by Crippen LogP contribution is 2.47. The van der Waals surface area contributed by atoms with Crippen LogP contribution >= 0.6 is 0 Å². The first-order valence-electron chi connectivity index (χ1n) is 17.6. The molecule has 6 rings (SSSR count). The Bertz CT molecular complexity index is 2050. The summed E-state index contributed by atoms with van der Waals surface area (Å²) in [6, 6.07) is 31.0. The second kappa shape index (κ2) is 17.6. The molecule has 290 valence electrons. The fourth-order valence-corrected chi connectivity index (χ4v) is 6.28. The molecule has 4 aromatic carbocycles. The first kappa shape index (κ1) is 39.6. The zero-order valence-electron chi connectivity index (χ0n) is 29.7. The van der Waals surface area contributed by atoms with Gasteiger partial charge in [-0.2, -0.15) is 13.2 Å². The van der Waals surface area contributed by atoms with Crippen LogP contribution in [0.15, 0.2) is 127 Å². The lowest BCUT2D eigenvalue weighted by Gasteiger charge is -2.31. The highest BCUT2D eigenvalue weighted by atomic mass is 19.4. The molecule has 1 heterocycles. The van der Waals surface area contributed by atoms with E-state index in [1.54, 1.807) is 30.3 Å². The van der Waals surface area contributed by atoms with Crippen molar-refractivity contribution in [2.24, 2.45) is 0 Å². The van der Waals surface area contributed by atoms with Crippen molar-refractivity contribution in [3.8, 4) is 0 Å². The summed E-state index contributed by atoms with van der Waals surface area (Å²) in [5, 5.41) is 14.5. The molecule has 0 radical (unpaired) electrons.